The summed E-state index contributed by atoms with van der Waals surface area (Å²) in [6, 6.07) is 0. The first-order valence-electron chi connectivity index (χ1n) is 2.12. The van der Waals surface area contributed by atoms with Crippen molar-refractivity contribution in [3.05, 3.63) is 12.0 Å². The summed E-state index contributed by atoms with van der Waals surface area (Å²) in [6.07, 6.45) is 1.68. The van der Waals surface area contributed by atoms with Crippen molar-refractivity contribution in [1.29, 1.82) is 0 Å². The Balaban J connectivity index is 3.29. The lowest BCUT2D eigenvalue weighted by Gasteiger charge is -1.95. The molecule has 0 aliphatic heterocycles. The monoisotopic (exact) mass is 101 g/mol. The molecular formula is C4H11N3. The van der Waals surface area contributed by atoms with E-state index in [0.717, 1.165) is 0 Å². The number of rotatable bonds is 2. The van der Waals surface area contributed by atoms with E-state index in [0.29, 0.717) is 5.82 Å². The van der Waals surface area contributed by atoms with Gasteiger partial charge in [-0.1, -0.05) is 0 Å². The zero-order valence-electron chi connectivity index (χ0n) is 4.65. The van der Waals surface area contributed by atoms with Crippen molar-refractivity contribution in [3.8, 4) is 0 Å². The lowest BCUT2D eigenvalue weighted by Crippen LogP contribution is -2.17. The molecule has 0 saturated heterocycles. The molecule has 0 heterocycles. The van der Waals surface area contributed by atoms with Crippen molar-refractivity contribution in [1.82, 2.24) is 10.6 Å². The van der Waals surface area contributed by atoms with E-state index in [2.05, 4.69) is 10.6 Å². The van der Waals surface area contributed by atoms with E-state index in [1.807, 2.05) is 0 Å². The molecule has 3 heteroatoms. The molecule has 0 rings (SSSR count). The summed E-state index contributed by atoms with van der Waals surface area (Å²) in [5.41, 5.74) is 5.27. The van der Waals surface area contributed by atoms with Gasteiger partial charge in [0, 0.05) is 20.3 Å². The quantitative estimate of drug-likeness (QED) is 0.426. The van der Waals surface area contributed by atoms with Crippen LogP contribution in [0.25, 0.3) is 0 Å². The van der Waals surface area contributed by atoms with Gasteiger partial charge in [-0.15, -0.1) is 0 Å². The highest BCUT2D eigenvalue weighted by atomic mass is 15.0. The summed E-state index contributed by atoms with van der Waals surface area (Å²) < 4.78 is 0. The summed E-state index contributed by atoms with van der Waals surface area (Å²) in [7, 11) is 3.56. The van der Waals surface area contributed by atoms with Crippen LogP contribution in [0.3, 0.4) is 0 Å². The normalized spacial score (nSPS) is 10.9. The maximum atomic E-state index is 5.27. The van der Waals surface area contributed by atoms with Gasteiger partial charge < -0.3 is 16.4 Å². The van der Waals surface area contributed by atoms with Gasteiger partial charge in [0.2, 0.25) is 0 Å². The van der Waals surface area contributed by atoms with E-state index in [1.54, 1.807) is 20.3 Å². The summed E-state index contributed by atoms with van der Waals surface area (Å²) in [6.45, 7) is 0. The highest BCUT2D eigenvalue weighted by Crippen LogP contribution is 1.63. The maximum absolute atomic E-state index is 5.27. The van der Waals surface area contributed by atoms with Gasteiger partial charge in [-0.25, -0.2) is 0 Å². The maximum Gasteiger partial charge on any atom is 0.112 e. The minimum absolute atomic E-state index is 0.641. The van der Waals surface area contributed by atoms with Crippen LogP contribution < -0.4 is 16.4 Å². The smallest absolute Gasteiger partial charge is 0.112 e. The van der Waals surface area contributed by atoms with E-state index in [-0.39, 0.29) is 0 Å². The molecule has 0 aromatic heterocycles. The van der Waals surface area contributed by atoms with Gasteiger partial charge >= 0.3 is 0 Å². The van der Waals surface area contributed by atoms with Gasteiger partial charge in [0.05, 0.1) is 0 Å². The molecule has 0 aromatic carbocycles. The van der Waals surface area contributed by atoms with Crippen LogP contribution in [-0.2, 0) is 0 Å². The molecular weight excluding hydrogens is 90.1 g/mol. The Bertz CT molecular complexity index is 67.3. The second kappa shape index (κ2) is 3.33. The molecule has 7 heavy (non-hydrogen) atoms. The van der Waals surface area contributed by atoms with Crippen molar-refractivity contribution in [2.45, 2.75) is 0 Å². The SMILES string of the molecule is CN/C=C(/N)NC. The van der Waals surface area contributed by atoms with Crippen LogP contribution in [0.4, 0.5) is 0 Å². The van der Waals surface area contributed by atoms with E-state index >= 15 is 0 Å². The Morgan fingerprint density at radius 3 is 2.29 bits per heavy atom. The van der Waals surface area contributed by atoms with Gasteiger partial charge in [0.25, 0.3) is 0 Å². The molecule has 3 nitrogen and oxygen atoms in total. The molecule has 0 aromatic rings. The molecule has 0 radical (unpaired) electrons. The molecule has 0 fully saturated rings. The van der Waals surface area contributed by atoms with E-state index in [9.17, 15) is 0 Å². The van der Waals surface area contributed by atoms with Crippen molar-refractivity contribution in [2.75, 3.05) is 14.1 Å². The largest absolute Gasteiger partial charge is 0.391 e. The molecule has 0 spiro atoms. The second-order valence-electron chi connectivity index (χ2n) is 1.14. The van der Waals surface area contributed by atoms with E-state index in [1.165, 1.54) is 0 Å². The molecule has 4 N–H and O–H groups in total. The summed E-state index contributed by atoms with van der Waals surface area (Å²) in [5.74, 6) is 0.641. The first kappa shape index (κ1) is 6.14. The van der Waals surface area contributed by atoms with Crippen molar-refractivity contribution >= 4 is 0 Å². The third-order valence-corrected chi connectivity index (χ3v) is 0.589. The number of nitrogens with two attached hydrogens (primary N) is 1. The number of nitrogens with one attached hydrogen (secondary N) is 2. The standard InChI is InChI=1S/C4H11N3/c1-6-3-4(5)7-2/h3,6-7H,5H2,1-2H3/b4-3-. The summed E-state index contributed by atoms with van der Waals surface area (Å²) in [5, 5.41) is 5.51. The van der Waals surface area contributed by atoms with Gasteiger partial charge in [0.1, 0.15) is 5.82 Å². The lowest BCUT2D eigenvalue weighted by atomic mass is 10.7. The number of hydrogen-bond acceptors (Lipinski definition) is 3. The van der Waals surface area contributed by atoms with Gasteiger partial charge in [0.15, 0.2) is 0 Å². The third kappa shape index (κ3) is 2.96. The van der Waals surface area contributed by atoms with Crippen LogP contribution >= 0.6 is 0 Å². The van der Waals surface area contributed by atoms with Crippen LogP contribution in [0.15, 0.2) is 12.0 Å². The zero-order valence-corrected chi connectivity index (χ0v) is 4.65. The average Bonchev–Trinajstić information content (AvgIpc) is 1.68. The summed E-state index contributed by atoms with van der Waals surface area (Å²) >= 11 is 0. The molecule has 0 bridgehead atoms. The fraction of sp³-hybridized carbons (Fsp3) is 0.500. The second-order valence-corrected chi connectivity index (χ2v) is 1.14. The highest BCUT2D eigenvalue weighted by molar-refractivity contribution is 4.88. The van der Waals surface area contributed by atoms with Crippen molar-refractivity contribution in [2.24, 2.45) is 5.73 Å². The van der Waals surface area contributed by atoms with Crippen LogP contribution in [0, 0.1) is 0 Å². The topological polar surface area (TPSA) is 50.1 Å². The van der Waals surface area contributed by atoms with Gasteiger partial charge in [-0.2, -0.15) is 0 Å². The minimum atomic E-state index is 0.641. The van der Waals surface area contributed by atoms with Crippen LogP contribution in [-0.4, -0.2) is 14.1 Å². The zero-order chi connectivity index (χ0) is 5.70. The van der Waals surface area contributed by atoms with Crippen molar-refractivity contribution in [3.63, 3.8) is 0 Å². The Morgan fingerprint density at radius 1 is 1.57 bits per heavy atom. The van der Waals surface area contributed by atoms with Crippen molar-refractivity contribution < 1.29 is 0 Å². The average molecular weight is 101 g/mol. The van der Waals surface area contributed by atoms with Gasteiger partial charge in [-0.05, 0) is 0 Å². The first-order valence-corrected chi connectivity index (χ1v) is 2.12. The Labute approximate surface area is 43.6 Å². The first-order chi connectivity index (χ1) is 3.31. The van der Waals surface area contributed by atoms with Crippen LogP contribution in [0.1, 0.15) is 0 Å². The fourth-order valence-corrected chi connectivity index (χ4v) is 0.228. The Morgan fingerprint density at radius 2 is 2.14 bits per heavy atom. The minimum Gasteiger partial charge on any atom is -0.391 e. The fourth-order valence-electron chi connectivity index (χ4n) is 0.228. The Kier molecular flexibility index (Phi) is 2.92. The summed E-state index contributed by atoms with van der Waals surface area (Å²) in [4.78, 5) is 0. The molecule has 0 amide bonds. The molecule has 0 saturated carbocycles. The van der Waals surface area contributed by atoms with E-state index in [4.69, 9.17) is 5.73 Å². The third-order valence-electron chi connectivity index (χ3n) is 0.589. The van der Waals surface area contributed by atoms with Crippen LogP contribution in [0.5, 0.6) is 0 Å². The predicted octanol–water partition coefficient (Wildman–Crippen LogP) is -0.817. The molecule has 0 aliphatic rings. The molecule has 0 aliphatic carbocycles. The number of hydrogen-bond donors (Lipinski definition) is 3. The van der Waals surface area contributed by atoms with Gasteiger partial charge in [-0.3, -0.25) is 0 Å². The molecule has 0 unspecified atom stereocenters. The lowest BCUT2D eigenvalue weighted by molar-refractivity contribution is 0.923. The van der Waals surface area contributed by atoms with Crippen LogP contribution in [0.2, 0.25) is 0 Å². The predicted molar refractivity (Wildman–Crippen MR) is 30.4 cm³/mol. The Hall–Kier alpha value is -0.860. The molecule has 0 atom stereocenters. The highest BCUT2D eigenvalue weighted by Gasteiger charge is 1.73. The van der Waals surface area contributed by atoms with E-state index < -0.39 is 0 Å². The molecule has 42 valence electrons.